The highest BCUT2D eigenvalue weighted by molar-refractivity contribution is 7.98. The number of rotatable bonds is 4. The van der Waals surface area contributed by atoms with Gasteiger partial charge in [-0.3, -0.25) is 0 Å². The smallest absolute Gasteiger partial charge is 0.354 e. The van der Waals surface area contributed by atoms with Gasteiger partial charge in [-0.15, -0.1) is 11.8 Å². The van der Waals surface area contributed by atoms with E-state index in [1.807, 2.05) is 24.3 Å². The maximum atomic E-state index is 10.8. The van der Waals surface area contributed by atoms with E-state index in [9.17, 15) is 4.79 Å². The summed E-state index contributed by atoms with van der Waals surface area (Å²) in [5, 5.41) is 9.57. The molecule has 5 heteroatoms. The monoisotopic (exact) mass is 279 g/mol. The van der Waals surface area contributed by atoms with Gasteiger partial charge in [0.15, 0.2) is 0 Å². The van der Waals surface area contributed by atoms with E-state index in [0.29, 0.717) is 5.75 Å². The van der Waals surface area contributed by atoms with Crippen LogP contribution in [-0.2, 0) is 5.75 Å². The predicted octanol–water partition coefficient (Wildman–Crippen LogP) is 3.73. The first-order valence-electron chi connectivity index (χ1n) is 5.22. The van der Waals surface area contributed by atoms with Crippen LogP contribution in [0.1, 0.15) is 16.1 Å². The third-order valence-electron chi connectivity index (χ3n) is 2.30. The van der Waals surface area contributed by atoms with Gasteiger partial charge in [-0.2, -0.15) is 0 Å². The second-order valence-electron chi connectivity index (χ2n) is 3.56. The molecule has 92 valence electrons. The van der Waals surface area contributed by atoms with Crippen LogP contribution in [0.2, 0.25) is 5.02 Å². The summed E-state index contributed by atoms with van der Waals surface area (Å²) in [6.45, 7) is 0. The van der Waals surface area contributed by atoms with Gasteiger partial charge in [0, 0.05) is 21.9 Å². The number of halogens is 1. The van der Waals surface area contributed by atoms with Gasteiger partial charge in [0.25, 0.3) is 0 Å². The van der Waals surface area contributed by atoms with Gasteiger partial charge in [-0.1, -0.05) is 29.8 Å². The van der Waals surface area contributed by atoms with E-state index in [1.54, 1.807) is 12.1 Å². The van der Waals surface area contributed by atoms with Crippen molar-refractivity contribution < 1.29 is 9.90 Å². The Morgan fingerprint density at radius 3 is 2.83 bits per heavy atom. The van der Waals surface area contributed by atoms with Crippen LogP contribution in [-0.4, -0.2) is 16.1 Å². The Labute approximate surface area is 114 Å². The minimum Gasteiger partial charge on any atom is -0.477 e. The third-order valence-corrected chi connectivity index (χ3v) is 3.71. The summed E-state index contributed by atoms with van der Waals surface area (Å²) in [7, 11) is 0. The first-order valence-corrected chi connectivity index (χ1v) is 6.59. The molecule has 0 saturated carbocycles. The van der Waals surface area contributed by atoms with E-state index in [0.717, 1.165) is 15.5 Å². The molecule has 0 aliphatic carbocycles. The Morgan fingerprint density at radius 1 is 1.33 bits per heavy atom. The summed E-state index contributed by atoms with van der Waals surface area (Å²) in [6, 6.07) is 10.9. The van der Waals surface area contributed by atoms with Crippen molar-refractivity contribution in [1.29, 1.82) is 0 Å². The first kappa shape index (κ1) is 12.9. The van der Waals surface area contributed by atoms with Crippen LogP contribution in [0.5, 0.6) is 0 Å². The van der Waals surface area contributed by atoms with Crippen molar-refractivity contribution >= 4 is 29.3 Å². The second kappa shape index (κ2) is 5.89. The molecule has 0 fully saturated rings. The summed E-state index contributed by atoms with van der Waals surface area (Å²) in [6.07, 6.45) is 1.50. The summed E-state index contributed by atoms with van der Waals surface area (Å²) in [5.41, 5.74) is 1.08. The van der Waals surface area contributed by atoms with Crippen molar-refractivity contribution in [1.82, 2.24) is 4.98 Å². The third kappa shape index (κ3) is 3.24. The van der Waals surface area contributed by atoms with Crippen molar-refractivity contribution in [2.45, 2.75) is 10.6 Å². The van der Waals surface area contributed by atoms with Gasteiger partial charge in [0.05, 0.1) is 0 Å². The van der Waals surface area contributed by atoms with Crippen LogP contribution in [0.4, 0.5) is 0 Å². The van der Waals surface area contributed by atoms with Crippen LogP contribution in [0.3, 0.4) is 0 Å². The topological polar surface area (TPSA) is 50.2 Å². The lowest BCUT2D eigenvalue weighted by molar-refractivity contribution is 0.0690. The van der Waals surface area contributed by atoms with E-state index >= 15 is 0 Å². The number of aromatic carboxylic acids is 1. The van der Waals surface area contributed by atoms with Gasteiger partial charge in [0.2, 0.25) is 0 Å². The molecule has 3 nitrogen and oxygen atoms in total. The number of hydrogen-bond acceptors (Lipinski definition) is 3. The average molecular weight is 280 g/mol. The molecule has 0 atom stereocenters. The zero-order valence-electron chi connectivity index (χ0n) is 9.34. The quantitative estimate of drug-likeness (QED) is 0.867. The molecule has 1 heterocycles. The molecule has 0 unspecified atom stereocenters. The minimum atomic E-state index is -1.02. The second-order valence-corrected chi connectivity index (χ2v) is 5.02. The van der Waals surface area contributed by atoms with Crippen molar-refractivity contribution in [3.63, 3.8) is 0 Å². The molecular formula is C13H10ClNO2S. The first-order chi connectivity index (χ1) is 8.66. The number of nitrogens with zero attached hydrogens (tertiary/aromatic N) is 1. The molecule has 0 saturated heterocycles. The number of carboxylic acids is 1. The lowest BCUT2D eigenvalue weighted by atomic mass is 10.2. The standard InChI is InChI=1S/C13H10ClNO2S/c14-11-4-2-1-3-9(11)8-18-10-5-6-15-12(7-10)13(16)17/h1-7H,8H2,(H,16,17). The zero-order valence-corrected chi connectivity index (χ0v) is 10.9. The molecule has 1 aromatic carbocycles. The van der Waals surface area contributed by atoms with Crippen LogP contribution < -0.4 is 0 Å². The Balaban J connectivity index is 2.09. The van der Waals surface area contributed by atoms with Gasteiger partial charge in [0.1, 0.15) is 5.69 Å². The summed E-state index contributed by atoms with van der Waals surface area (Å²) in [4.78, 5) is 15.4. The Morgan fingerprint density at radius 2 is 2.11 bits per heavy atom. The van der Waals surface area contributed by atoms with E-state index in [-0.39, 0.29) is 5.69 Å². The maximum Gasteiger partial charge on any atom is 0.354 e. The highest BCUT2D eigenvalue weighted by atomic mass is 35.5. The largest absolute Gasteiger partial charge is 0.477 e. The molecule has 18 heavy (non-hydrogen) atoms. The van der Waals surface area contributed by atoms with E-state index in [4.69, 9.17) is 16.7 Å². The molecule has 2 rings (SSSR count). The van der Waals surface area contributed by atoms with E-state index in [1.165, 1.54) is 18.0 Å². The molecule has 1 N–H and O–H groups in total. The predicted molar refractivity (Wildman–Crippen MR) is 72.2 cm³/mol. The molecule has 0 radical (unpaired) electrons. The van der Waals surface area contributed by atoms with Crippen LogP contribution in [0.15, 0.2) is 47.5 Å². The summed E-state index contributed by atoms with van der Waals surface area (Å²) < 4.78 is 0. The number of hydrogen-bond donors (Lipinski definition) is 1. The summed E-state index contributed by atoms with van der Waals surface area (Å²) in [5.74, 6) is -0.321. The highest BCUT2D eigenvalue weighted by Crippen LogP contribution is 2.26. The van der Waals surface area contributed by atoms with Crippen molar-refractivity contribution in [3.05, 3.63) is 58.9 Å². The van der Waals surface area contributed by atoms with Crippen molar-refractivity contribution in [3.8, 4) is 0 Å². The van der Waals surface area contributed by atoms with Gasteiger partial charge >= 0.3 is 5.97 Å². The summed E-state index contributed by atoms with van der Waals surface area (Å²) >= 11 is 7.58. The van der Waals surface area contributed by atoms with E-state index in [2.05, 4.69) is 4.98 Å². The molecule has 0 spiro atoms. The highest BCUT2D eigenvalue weighted by Gasteiger charge is 2.06. The average Bonchev–Trinajstić information content (AvgIpc) is 2.38. The molecule has 1 aromatic heterocycles. The lowest BCUT2D eigenvalue weighted by Gasteiger charge is -2.04. The molecular weight excluding hydrogens is 270 g/mol. The zero-order chi connectivity index (χ0) is 13.0. The van der Waals surface area contributed by atoms with Crippen LogP contribution in [0.25, 0.3) is 0 Å². The number of aromatic nitrogens is 1. The number of carbonyl (C=O) groups is 1. The molecule has 2 aromatic rings. The Bertz CT molecular complexity index is 574. The normalized spacial score (nSPS) is 10.3. The van der Waals surface area contributed by atoms with Crippen molar-refractivity contribution in [2.24, 2.45) is 0 Å². The molecule has 0 aliphatic heterocycles. The minimum absolute atomic E-state index is 0.0548. The maximum absolute atomic E-state index is 10.8. The fourth-order valence-electron chi connectivity index (χ4n) is 1.39. The van der Waals surface area contributed by atoms with Gasteiger partial charge in [-0.25, -0.2) is 9.78 Å². The van der Waals surface area contributed by atoms with Gasteiger partial charge in [-0.05, 0) is 23.8 Å². The lowest BCUT2D eigenvalue weighted by Crippen LogP contribution is -1.99. The fourth-order valence-corrected chi connectivity index (χ4v) is 2.60. The fraction of sp³-hybridized carbons (Fsp3) is 0.0769. The number of carboxylic acid groups (broad SMARTS) is 1. The Hall–Kier alpha value is -1.52. The Kier molecular flexibility index (Phi) is 4.23. The number of benzene rings is 1. The molecule has 0 bridgehead atoms. The van der Waals surface area contributed by atoms with Crippen LogP contribution >= 0.6 is 23.4 Å². The van der Waals surface area contributed by atoms with E-state index < -0.39 is 5.97 Å². The van der Waals surface area contributed by atoms with Crippen molar-refractivity contribution in [2.75, 3.05) is 0 Å². The number of thioether (sulfide) groups is 1. The van der Waals surface area contributed by atoms with Gasteiger partial charge < -0.3 is 5.11 Å². The number of pyridine rings is 1. The molecule has 0 amide bonds. The SMILES string of the molecule is O=C(O)c1cc(SCc2ccccc2Cl)ccn1. The molecule has 0 aliphatic rings. The van der Waals surface area contributed by atoms with Crippen LogP contribution in [0, 0.1) is 0 Å².